The predicted octanol–water partition coefficient (Wildman–Crippen LogP) is 4.28. The van der Waals surface area contributed by atoms with E-state index in [1.807, 2.05) is 11.8 Å². The summed E-state index contributed by atoms with van der Waals surface area (Å²) in [6.45, 7) is 8.67. The fraction of sp³-hybridized carbons (Fsp3) is 0.529. The normalized spacial score (nSPS) is 11.6. The van der Waals surface area contributed by atoms with E-state index >= 15 is 0 Å². The molecule has 0 amide bonds. The van der Waals surface area contributed by atoms with Gasteiger partial charge in [-0.15, -0.1) is 0 Å². The van der Waals surface area contributed by atoms with Gasteiger partial charge in [0.15, 0.2) is 0 Å². The Bertz CT molecular complexity index is 531. The van der Waals surface area contributed by atoms with Crippen LogP contribution in [0.4, 0.5) is 0 Å². The molecule has 110 valence electrons. The van der Waals surface area contributed by atoms with Crippen LogP contribution < -0.4 is 5.32 Å². The lowest BCUT2D eigenvalue weighted by Crippen LogP contribution is -2.21. The number of thioether (sulfide) groups is 1. The Balaban J connectivity index is 2.05. The maximum Gasteiger partial charge on any atom is 0.0483 e. The van der Waals surface area contributed by atoms with Crippen LogP contribution in [0.15, 0.2) is 30.5 Å². The van der Waals surface area contributed by atoms with Crippen molar-refractivity contribution < 1.29 is 0 Å². The van der Waals surface area contributed by atoms with Gasteiger partial charge in [0.2, 0.25) is 0 Å². The average Bonchev–Trinajstić information content (AvgIpc) is 2.84. The maximum atomic E-state index is 3.49. The van der Waals surface area contributed by atoms with Gasteiger partial charge >= 0.3 is 0 Å². The first-order valence-corrected chi connectivity index (χ1v) is 8.75. The third-order valence-corrected chi connectivity index (χ3v) is 4.43. The molecule has 0 fully saturated rings. The van der Waals surface area contributed by atoms with Crippen molar-refractivity contribution in [3.05, 3.63) is 36.0 Å². The monoisotopic (exact) mass is 290 g/mol. The summed E-state index contributed by atoms with van der Waals surface area (Å²) in [5, 5.41) is 4.83. The Morgan fingerprint density at radius 3 is 2.85 bits per heavy atom. The van der Waals surface area contributed by atoms with Gasteiger partial charge in [0.1, 0.15) is 0 Å². The van der Waals surface area contributed by atoms with E-state index in [1.165, 1.54) is 34.4 Å². The first kappa shape index (κ1) is 15.5. The van der Waals surface area contributed by atoms with Gasteiger partial charge < -0.3 is 9.88 Å². The lowest BCUT2D eigenvalue weighted by molar-refractivity contribution is 0.589. The Morgan fingerprint density at radius 1 is 1.25 bits per heavy atom. The van der Waals surface area contributed by atoms with Gasteiger partial charge in [-0.05, 0) is 41.0 Å². The molecule has 0 saturated heterocycles. The van der Waals surface area contributed by atoms with Crippen molar-refractivity contribution in [1.29, 1.82) is 0 Å². The number of nitrogens with zero attached hydrogens (tertiary/aromatic N) is 1. The number of aromatic nitrogens is 1. The second-order valence-corrected chi connectivity index (χ2v) is 6.88. The molecule has 0 radical (unpaired) electrons. The van der Waals surface area contributed by atoms with Crippen molar-refractivity contribution >= 4 is 22.7 Å². The zero-order valence-corrected chi connectivity index (χ0v) is 13.7. The molecule has 0 aliphatic rings. The largest absolute Gasteiger partial charge is 0.347 e. The number of hydrogen-bond acceptors (Lipinski definition) is 2. The summed E-state index contributed by atoms with van der Waals surface area (Å²) in [5.74, 6) is 2.47. The van der Waals surface area contributed by atoms with Crippen LogP contribution in [0.3, 0.4) is 0 Å². The zero-order valence-electron chi connectivity index (χ0n) is 12.9. The van der Waals surface area contributed by atoms with Crippen LogP contribution in [-0.4, -0.2) is 22.1 Å². The van der Waals surface area contributed by atoms with Crippen LogP contribution in [0.2, 0.25) is 0 Å². The minimum absolute atomic E-state index is 0.531. The third-order valence-electron chi connectivity index (χ3n) is 3.44. The highest BCUT2D eigenvalue weighted by molar-refractivity contribution is 7.99. The number of benzene rings is 1. The van der Waals surface area contributed by atoms with E-state index in [1.54, 1.807) is 0 Å². The molecule has 0 bridgehead atoms. The zero-order chi connectivity index (χ0) is 14.4. The minimum atomic E-state index is 0.531. The van der Waals surface area contributed by atoms with Crippen molar-refractivity contribution in [3.63, 3.8) is 0 Å². The van der Waals surface area contributed by atoms with Crippen molar-refractivity contribution in [1.82, 2.24) is 9.88 Å². The van der Waals surface area contributed by atoms with E-state index in [-0.39, 0.29) is 0 Å². The van der Waals surface area contributed by atoms with Gasteiger partial charge in [0, 0.05) is 30.8 Å². The van der Waals surface area contributed by atoms with Gasteiger partial charge in [-0.25, -0.2) is 0 Å². The van der Waals surface area contributed by atoms with Gasteiger partial charge in [-0.3, -0.25) is 0 Å². The average molecular weight is 290 g/mol. The highest BCUT2D eigenvalue weighted by Gasteiger charge is 2.03. The molecular weight excluding hydrogens is 264 g/mol. The molecule has 1 N–H and O–H groups in total. The fourth-order valence-electron chi connectivity index (χ4n) is 2.34. The van der Waals surface area contributed by atoms with E-state index < -0.39 is 0 Å². The molecule has 0 atom stereocenters. The molecule has 2 nitrogen and oxygen atoms in total. The van der Waals surface area contributed by atoms with Gasteiger partial charge in [0.05, 0.1) is 0 Å². The number of fused-ring (bicyclic) bond motifs is 1. The van der Waals surface area contributed by atoms with Crippen LogP contribution in [0.5, 0.6) is 0 Å². The summed E-state index contributed by atoms with van der Waals surface area (Å²) in [6.07, 6.45) is 3.47. The minimum Gasteiger partial charge on any atom is -0.347 e. The van der Waals surface area contributed by atoms with E-state index in [0.29, 0.717) is 6.04 Å². The number of nitrogens with one attached hydrogen (secondary N) is 1. The van der Waals surface area contributed by atoms with Crippen molar-refractivity contribution in [3.8, 4) is 0 Å². The molecule has 0 unspecified atom stereocenters. The second kappa shape index (κ2) is 7.75. The molecule has 0 saturated carbocycles. The molecule has 2 aromatic rings. The molecule has 2 rings (SSSR count). The van der Waals surface area contributed by atoms with E-state index in [9.17, 15) is 0 Å². The molecule has 1 heterocycles. The number of rotatable bonds is 8. The van der Waals surface area contributed by atoms with E-state index in [2.05, 4.69) is 61.1 Å². The van der Waals surface area contributed by atoms with Crippen LogP contribution in [-0.2, 0) is 13.1 Å². The first-order valence-electron chi connectivity index (χ1n) is 7.59. The summed E-state index contributed by atoms with van der Waals surface area (Å²) in [4.78, 5) is 0. The van der Waals surface area contributed by atoms with E-state index in [0.717, 1.165) is 13.1 Å². The Hall–Kier alpha value is -0.930. The Morgan fingerprint density at radius 2 is 2.10 bits per heavy atom. The Kier molecular flexibility index (Phi) is 5.99. The standard InChI is InChI=1S/C17H26N2S/c1-4-20-11-5-9-19-10-8-16-7-6-15(12-17(16)19)13-18-14(2)3/h6-8,10,12,14,18H,4-5,9,11,13H2,1-3H3. The molecule has 1 aromatic heterocycles. The lowest BCUT2D eigenvalue weighted by atomic mass is 10.1. The quantitative estimate of drug-likeness (QED) is 0.731. The van der Waals surface area contributed by atoms with Gasteiger partial charge in [-0.2, -0.15) is 11.8 Å². The molecular formula is C17H26N2S. The summed E-state index contributed by atoms with van der Waals surface area (Å²) in [7, 11) is 0. The second-order valence-electron chi connectivity index (χ2n) is 5.49. The van der Waals surface area contributed by atoms with Crippen molar-refractivity contribution in [2.45, 2.75) is 46.3 Å². The number of hydrogen-bond donors (Lipinski definition) is 1. The van der Waals surface area contributed by atoms with Crippen molar-refractivity contribution in [2.75, 3.05) is 11.5 Å². The molecule has 0 aliphatic carbocycles. The molecule has 20 heavy (non-hydrogen) atoms. The summed E-state index contributed by atoms with van der Waals surface area (Å²) < 4.78 is 2.39. The third kappa shape index (κ3) is 4.29. The first-order chi connectivity index (χ1) is 9.70. The lowest BCUT2D eigenvalue weighted by Gasteiger charge is -2.10. The van der Waals surface area contributed by atoms with E-state index in [4.69, 9.17) is 0 Å². The van der Waals surface area contributed by atoms with Crippen LogP contribution in [0, 0.1) is 0 Å². The number of aryl methyl sites for hydroxylation is 1. The Labute approximate surface area is 126 Å². The van der Waals surface area contributed by atoms with Crippen LogP contribution >= 0.6 is 11.8 Å². The maximum absolute atomic E-state index is 3.49. The van der Waals surface area contributed by atoms with Gasteiger partial charge in [-0.1, -0.05) is 32.9 Å². The molecule has 1 aromatic carbocycles. The van der Waals surface area contributed by atoms with Crippen LogP contribution in [0.25, 0.3) is 10.9 Å². The van der Waals surface area contributed by atoms with Gasteiger partial charge in [0.25, 0.3) is 0 Å². The molecule has 0 aliphatic heterocycles. The smallest absolute Gasteiger partial charge is 0.0483 e. The van der Waals surface area contributed by atoms with Crippen molar-refractivity contribution in [2.24, 2.45) is 0 Å². The molecule has 3 heteroatoms. The highest BCUT2D eigenvalue weighted by Crippen LogP contribution is 2.18. The predicted molar refractivity (Wildman–Crippen MR) is 91.5 cm³/mol. The topological polar surface area (TPSA) is 17.0 Å². The summed E-state index contributed by atoms with van der Waals surface area (Å²) in [6, 6.07) is 9.56. The van der Waals surface area contributed by atoms with Crippen LogP contribution in [0.1, 0.15) is 32.8 Å². The molecule has 0 spiro atoms. The summed E-state index contributed by atoms with van der Waals surface area (Å²) in [5.41, 5.74) is 2.74. The summed E-state index contributed by atoms with van der Waals surface area (Å²) >= 11 is 2.03. The SMILES string of the molecule is CCSCCCn1ccc2ccc(CNC(C)C)cc21. The fourth-order valence-corrected chi connectivity index (χ4v) is 2.96. The highest BCUT2D eigenvalue weighted by atomic mass is 32.2.